The number of esters is 1. The van der Waals surface area contributed by atoms with Gasteiger partial charge in [-0.3, -0.25) is 9.82 Å². The van der Waals surface area contributed by atoms with Gasteiger partial charge in [0.05, 0.1) is 18.4 Å². The lowest BCUT2D eigenvalue weighted by molar-refractivity contribution is 0.0600. The molecule has 0 unspecified atom stereocenters. The lowest BCUT2D eigenvalue weighted by Crippen LogP contribution is -2.15. The molecule has 0 aliphatic heterocycles. The minimum absolute atomic E-state index is 0.233. The number of aryl methyl sites for hydroxylation is 1. The number of anilines is 1. The first kappa shape index (κ1) is 15.0. The van der Waals surface area contributed by atoms with Crippen LogP contribution >= 0.6 is 0 Å². The van der Waals surface area contributed by atoms with Crippen LogP contribution < -0.4 is 4.72 Å². The van der Waals surface area contributed by atoms with Crippen LogP contribution in [0.25, 0.3) is 0 Å². The molecule has 2 N–H and O–H groups in total. The van der Waals surface area contributed by atoms with Crippen LogP contribution in [0.1, 0.15) is 21.6 Å². The fourth-order valence-electron chi connectivity index (χ4n) is 1.79. The van der Waals surface area contributed by atoms with Crippen molar-refractivity contribution in [3.8, 4) is 0 Å². The number of hydrogen-bond acceptors (Lipinski definition) is 5. The molecule has 0 radical (unpaired) electrons. The molecule has 112 valence electrons. The fraction of sp³-hybridized carbons (Fsp3) is 0.231. The number of nitrogens with one attached hydrogen (secondary N) is 2. The molecule has 0 amide bonds. The fourth-order valence-corrected chi connectivity index (χ4v) is 2.90. The van der Waals surface area contributed by atoms with Gasteiger partial charge in [0.1, 0.15) is 0 Å². The van der Waals surface area contributed by atoms with Gasteiger partial charge in [-0.2, -0.15) is 5.10 Å². The molecule has 0 spiro atoms. The van der Waals surface area contributed by atoms with E-state index < -0.39 is 16.0 Å². The smallest absolute Gasteiger partial charge is 0.337 e. The molecule has 2 rings (SSSR count). The van der Waals surface area contributed by atoms with Gasteiger partial charge >= 0.3 is 5.97 Å². The Morgan fingerprint density at radius 2 is 2.14 bits per heavy atom. The van der Waals surface area contributed by atoms with Crippen molar-refractivity contribution in [3.63, 3.8) is 0 Å². The van der Waals surface area contributed by atoms with E-state index in [4.69, 9.17) is 0 Å². The lowest BCUT2D eigenvalue weighted by Gasteiger charge is -2.06. The summed E-state index contributed by atoms with van der Waals surface area (Å²) in [4.78, 5) is 11.4. The number of nitrogens with zero attached hydrogens (tertiary/aromatic N) is 1. The number of aromatic amines is 1. The normalized spacial score (nSPS) is 11.1. The molecule has 0 atom stereocenters. The number of rotatable bonds is 5. The van der Waals surface area contributed by atoms with Crippen molar-refractivity contribution in [2.45, 2.75) is 12.7 Å². The predicted molar refractivity (Wildman–Crippen MR) is 77.4 cm³/mol. The number of carbonyl (C=O) groups is 1. The summed E-state index contributed by atoms with van der Waals surface area (Å²) in [6, 6.07) is 7.87. The van der Waals surface area contributed by atoms with E-state index in [0.29, 0.717) is 11.1 Å². The van der Waals surface area contributed by atoms with E-state index in [1.54, 1.807) is 31.2 Å². The van der Waals surface area contributed by atoms with Crippen molar-refractivity contribution in [1.29, 1.82) is 0 Å². The molecule has 1 aromatic carbocycles. The number of ether oxygens (including phenoxy) is 1. The highest BCUT2D eigenvalue weighted by molar-refractivity contribution is 7.91. The van der Waals surface area contributed by atoms with Gasteiger partial charge in [-0.05, 0) is 24.6 Å². The van der Waals surface area contributed by atoms with Gasteiger partial charge in [-0.15, -0.1) is 0 Å². The van der Waals surface area contributed by atoms with Crippen molar-refractivity contribution >= 4 is 21.8 Å². The van der Waals surface area contributed by atoms with Crippen LogP contribution in [0.3, 0.4) is 0 Å². The van der Waals surface area contributed by atoms with Crippen LogP contribution in [0, 0.1) is 6.92 Å². The quantitative estimate of drug-likeness (QED) is 0.814. The van der Waals surface area contributed by atoms with Crippen LogP contribution in [0.15, 0.2) is 30.3 Å². The van der Waals surface area contributed by atoms with Gasteiger partial charge in [0.2, 0.25) is 10.0 Å². The first-order valence-electron chi connectivity index (χ1n) is 6.09. The molecule has 0 fully saturated rings. The molecule has 0 bridgehead atoms. The number of H-pyrrole nitrogens is 1. The summed E-state index contributed by atoms with van der Waals surface area (Å²) in [6.45, 7) is 1.77. The number of sulfonamides is 1. The summed E-state index contributed by atoms with van der Waals surface area (Å²) >= 11 is 0. The van der Waals surface area contributed by atoms with Crippen LogP contribution in [0.4, 0.5) is 5.82 Å². The van der Waals surface area contributed by atoms with Gasteiger partial charge < -0.3 is 4.74 Å². The van der Waals surface area contributed by atoms with Gasteiger partial charge in [0.15, 0.2) is 5.82 Å². The second-order valence-electron chi connectivity index (χ2n) is 4.49. The highest BCUT2D eigenvalue weighted by Crippen LogP contribution is 2.13. The molecular formula is C13H15N3O4S. The van der Waals surface area contributed by atoms with Gasteiger partial charge in [0, 0.05) is 11.8 Å². The molecule has 1 aromatic heterocycles. The largest absolute Gasteiger partial charge is 0.465 e. The first-order valence-corrected chi connectivity index (χ1v) is 7.74. The Labute approximate surface area is 122 Å². The molecule has 0 saturated heterocycles. The molecule has 8 heteroatoms. The van der Waals surface area contributed by atoms with E-state index >= 15 is 0 Å². The number of benzene rings is 1. The zero-order valence-corrected chi connectivity index (χ0v) is 12.4. The van der Waals surface area contributed by atoms with Gasteiger partial charge in [0.25, 0.3) is 0 Å². The second-order valence-corrected chi connectivity index (χ2v) is 6.21. The van der Waals surface area contributed by atoms with Crippen molar-refractivity contribution in [3.05, 3.63) is 47.2 Å². The van der Waals surface area contributed by atoms with Crippen molar-refractivity contribution in [2.75, 3.05) is 11.8 Å². The maximum atomic E-state index is 12.0. The molecule has 7 nitrogen and oxygen atoms in total. The third-order valence-corrected chi connectivity index (χ3v) is 3.90. The summed E-state index contributed by atoms with van der Waals surface area (Å²) in [7, 11) is -2.34. The minimum Gasteiger partial charge on any atom is -0.465 e. The Morgan fingerprint density at radius 1 is 1.38 bits per heavy atom. The van der Waals surface area contributed by atoms with Crippen molar-refractivity contribution in [1.82, 2.24) is 10.2 Å². The summed E-state index contributed by atoms with van der Waals surface area (Å²) in [6.07, 6.45) is 0. The van der Waals surface area contributed by atoms with E-state index in [9.17, 15) is 13.2 Å². The molecule has 0 aliphatic carbocycles. The predicted octanol–water partition coefficient (Wildman–Crippen LogP) is 1.45. The molecule has 21 heavy (non-hydrogen) atoms. The van der Waals surface area contributed by atoms with E-state index in [1.165, 1.54) is 13.2 Å². The maximum absolute atomic E-state index is 12.0. The van der Waals surface area contributed by atoms with Gasteiger partial charge in [-0.1, -0.05) is 12.1 Å². The molecule has 0 saturated carbocycles. The Hall–Kier alpha value is -2.35. The Kier molecular flexibility index (Phi) is 4.27. The Bertz CT molecular complexity index is 752. The summed E-state index contributed by atoms with van der Waals surface area (Å²) in [5.74, 6) is -0.536. The monoisotopic (exact) mass is 309 g/mol. The van der Waals surface area contributed by atoms with Crippen molar-refractivity contribution < 1.29 is 17.9 Å². The number of hydrogen-bond donors (Lipinski definition) is 2. The standard InChI is InChI=1S/C13H15N3O4S/c1-9-6-12(15-14-9)16-21(18,19)8-10-4-3-5-11(7-10)13(17)20-2/h3-7H,8H2,1-2H3,(H2,14,15,16). The maximum Gasteiger partial charge on any atom is 0.337 e. The van der Waals surface area contributed by atoms with Crippen LogP contribution in [0.5, 0.6) is 0 Å². The number of methoxy groups -OCH3 is 1. The molecule has 0 aliphatic rings. The van der Waals surface area contributed by atoms with E-state index in [1.807, 2.05) is 0 Å². The average Bonchev–Trinajstić information content (AvgIpc) is 2.82. The zero-order valence-electron chi connectivity index (χ0n) is 11.6. The number of carbonyl (C=O) groups excluding carboxylic acids is 1. The average molecular weight is 309 g/mol. The molecular weight excluding hydrogens is 294 g/mol. The molecule has 2 aromatic rings. The summed E-state index contributed by atoms with van der Waals surface area (Å²) in [5, 5.41) is 6.46. The summed E-state index contributed by atoms with van der Waals surface area (Å²) in [5.41, 5.74) is 1.54. The zero-order chi connectivity index (χ0) is 15.5. The SMILES string of the molecule is COC(=O)c1cccc(CS(=O)(=O)Nc2cc(C)[nH]n2)c1. The highest BCUT2D eigenvalue weighted by atomic mass is 32.2. The topological polar surface area (TPSA) is 101 Å². The third kappa shape index (κ3) is 4.06. The van der Waals surface area contributed by atoms with Crippen molar-refractivity contribution in [2.24, 2.45) is 0 Å². The summed E-state index contributed by atoms with van der Waals surface area (Å²) < 4.78 is 31.1. The van der Waals surface area contributed by atoms with Crippen LogP contribution in [-0.2, 0) is 20.5 Å². The Morgan fingerprint density at radius 3 is 2.76 bits per heavy atom. The van der Waals surface area contributed by atoms with Gasteiger partial charge in [-0.25, -0.2) is 13.2 Å². The second kappa shape index (κ2) is 5.96. The third-order valence-electron chi connectivity index (χ3n) is 2.67. The van der Waals surface area contributed by atoms with E-state index in [0.717, 1.165) is 5.69 Å². The Balaban J connectivity index is 2.15. The van der Waals surface area contributed by atoms with E-state index in [2.05, 4.69) is 19.7 Å². The first-order chi connectivity index (χ1) is 9.89. The number of aromatic nitrogens is 2. The lowest BCUT2D eigenvalue weighted by atomic mass is 10.1. The van der Waals surface area contributed by atoms with E-state index in [-0.39, 0.29) is 11.6 Å². The highest BCUT2D eigenvalue weighted by Gasteiger charge is 2.15. The van der Waals surface area contributed by atoms with Crippen LogP contribution in [-0.4, -0.2) is 31.7 Å². The molecule has 1 heterocycles. The van der Waals surface area contributed by atoms with Crippen LogP contribution in [0.2, 0.25) is 0 Å². The minimum atomic E-state index is -3.61.